The van der Waals surface area contributed by atoms with E-state index in [-0.39, 0.29) is 34.2 Å². The van der Waals surface area contributed by atoms with Crippen LogP contribution in [0.3, 0.4) is 0 Å². The number of anilines is 1. The summed E-state index contributed by atoms with van der Waals surface area (Å²) in [5.41, 5.74) is 0.254. The molecule has 103 valence electrons. The number of benzene rings is 2. The Balaban J connectivity index is 2.26. The van der Waals surface area contributed by atoms with Crippen LogP contribution in [0.25, 0.3) is 0 Å². The van der Waals surface area contributed by atoms with E-state index < -0.39 is 5.91 Å². The Morgan fingerprint density at radius 3 is 2.60 bits per heavy atom. The fourth-order valence-electron chi connectivity index (χ4n) is 1.60. The van der Waals surface area contributed by atoms with Gasteiger partial charge in [0.1, 0.15) is 0 Å². The number of ether oxygens (including phenoxy) is 1. The second-order valence-electron chi connectivity index (χ2n) is 3.94. The Kier molecular flexibility index (Phi) is 3.65. The molecule has 1 amide bonds. The van der Waals surface area contributed by atoms with E-state index in [1.807, 2.05) is 0 Å². The number of aromatic hydroxyl groups is 3. The number of rotatable bonds is 3. The SMILES string of the molecule is COc1c[c]cc(C(=O)Nc2ccc(O)c(O)c2)c1O. The largest absolute Gasteiger partial charge is 0.504 e. The Labute approximate surface area is 114 Å². The van der Waals surface area contributed by atoms with E-state index in [0.717, 1.165) is 0 Å². The van der Waals surface area contributed by atoms with Gasteiger partial charge < -0.3 is 25.4 Å². The van der Waals surface area contributed by atoms with Crippen LogP contribution in [0.5, 0.6) is 23.0 Å². The molecule has 0 aliphatic heterocycles. The molecule has 0 heterocycles. The van der Waals surface area contributed by atoms with Crippen LogP contribution >= 0.6 is 0 Å². The third-order valence-electron chi connectivity index (χ3n) is 2.63. The quantitative estimate of drug-likeness (QED) is 0.506. The van der Waals surface area contributed by atoms with Gasteiger partial charge in [0, 0.05) is 11.8 Å². The maximum absolute atomic E-state index is 12.0. The van der Waals surface area contributed by atoms with Crippen molar-refractivity contribution < 1.29 is 24.9 Å². The zero-order valence-corrected chi connectivity index (χ0v) is 10.5. The number of hydrogen-bond donors (Lipinski definition) is 4. The molecule has 0 unspecified atom stereocenters. The van der Waals surface area contributed by atoms with Crippen molar-refractivity contribution >= 4 is 11.6 Å². The van der Waals surface area contributed by atoms with Gasteiger partial charge in [-0.1, -0.05) is 0 Å². The van der Waals surface area contributed by atoms with Crippen LogP contribution in [0.4, 0.5) is 5.69 Å². The molecule has 2 rings (SSSR count). The molecule has 2 aromatic carbocycles. The van der Waals surface area contributed by atoms with Crippen LogP contribution in [0.1, 0.15) is 10.4 Å². The highest BCUT2D eigenvalue weighted by Gasteiger charge is 2.15. The Morgan fingerprint density at radius 1 is 1.20 bits per heavy atom. The lowest BCUT2D eigenvalue weighted by Crippen LogP contribution is -2.12. The topological polar surface area (TPSA) is 99.0 Å². The van der Waals surface area contributed by atoms with Gasteiger partial charge in [0.2, 0.25) is 0 Å². The summed E-state index contributed by atoms with van der Waals surface area (Å²) >= 11 is 0. The average Bonchev–Trinajstić information content (AvgIpc) is 2.43. The number of carbonyl (C=O) groups is 1. The minimum atomic E-state index is -0.595. The van der Waals surface area contributed by atoms with E-state index >= 15 is 0 Å². The van der Waals surface area contributed by atoms with Crippen LogP contribution in [0, 0.1) is 6.07 Å². The minimum Gasteiger partial charge on any atom is -0.504 e. The molecule has 0 aliphatic carbocycles. The Bertz CT molecular complexity index is 654. The Hall–Kier alpha value is -2.89. The molecular formula is C14H12NO5. The van der Waals surface area contributed by atoms with Gasteiger partial charge in [0.15, 0.2) is 23.0 Å². The van der Waals surface area contributed by atoms with Crippen LogP contribution < -0.4 is 10.1 Å². The lowest BCUT2D eigenvalue weighted by Gasteiger charge is -2.09. The average molecular weight is 274 g/mol. The molecule has 1 radical (unpaired) electrons. The van der Waals surface area contributed by atoms with Gasteiger partial charge in [-0.15, -0.1) is 0 Å². The number of phenolic OH excluding ortho intramolecular Hbond substituents is 3. The van der Waals surface area contributed by atoms with Gasteiger partial charge in [0.05, 0.1) is 12.7 Å². The lowest BCUT2D eigenvalue weighted by atomic mass is 10.1. The predicted octanol–water partition coefficient (Wildman–Crippen LogP) is 1.86. The molecule has 0 atom stereocenters. The van der Waals surface area contributed by atoms with E-state index in [2.05, 4.69) is 11.4 Å². The highest BCUT2D eigenvalue weighted by atomic mass is 16.5. The van der Waals surface area contributed by atoms with Crippen molar-refractivity contribution in [3.05, 3.63) is 42.0 Å². The predicted molar refractivity (Wildman–Crippen MR) is 71.2 cm³/mol. The van der Waals surface area contributed by atoms with E-state index in [9.17, 15) is 20.1 Å². The summed E-state index contributed by atoms with van der Waals surface area (Å²) in [6, 6.07) is 9.23. The van der Waals surface area contributed by atoms with Gasteiger partial charge in [-0.05, 0) is 30.3 Å². The summed E-state index contributed by atoms with van der Waals surface area (Å²) in [5, 5.41) is 30.8. The van der Waals surface area contributed by atoms with Gasteiger partial charge in [-0.2, -0.15) is 0 Å². The first-order chi connectivity index (χ1) is 9.52. The third-order valence-corrected chi connectivity index (χ3v) is 2.63. The molecule has 4 N–H and O–H groups in total. The first kappa shape index (κ1) is 13.5. The fourth-order valence-corrected chi connectivity index (χ4v) is 1.60. The highest BCUT2D eigenvalue weighted by Crippen LogP contribution is 2.31. The normalized spacial score (nSPS) is 10.1. The van der Waals surface area contributed by atoms with Gasteiger partial charge in [-0.25, -0.2) is 0 Å². The maximum Gasteiger partial charge on any atom is 0.259 e. The minimum absolute atomic E-state index is 0.0167. The van der Waals surface area contributed by atoms with Gasteiger partial charge >= 0.3 is 0 Å². The van der Waals surface area contributed by atoms with E-state index in [1.54, 1.807) is 0 Å². The van der Waals surface area contributed by atoms with Crippen molar-refractivity contribution in [2.75, 3.05) is 12.4 Å². The first-order valence-electron chi connectivity index (χ1n) is 5.63. The molecule has 0 aliphatic rings. The number of phenols is 3. The second-order valence-corrected chi connectivity index (χ2v) is 3.94. The lowest BCUT2D eigenvalue weighted by molar-refractivity contribution is 0.102. The van der Waals surface area contributed by atoms with E-state index in [4.69, 9.17) is 4.74 Å². The van der Waals surface area contributed by atoms with Crippen LogP contribution in [0.15, 0.2) is 30.3 Å². The molecule has 6 nitrogen and oxygen atoms in total. The summed E-state index contributed by atoms with van der Waals surface area (Å²) in [4.78, 5) is 12.0. The molecule has 0 spiro atoms. The number of carbonyl (C=O) groups excluding carboxylic acids is 1. The van der Waals surface area contributed by atoms with Crippen molar-refractivity contribution in [1.29, 1.82) is 0 Å². The van der Waals surface area contributed by atoms with Crippen LogP contribution in [0.2, 0.25) is 0 Å². The van der Waals surface area contributed by atoms with Crippen molar-refractivity contribution in [2.45, 2.75) is 0 Å². The number of nitrogens with one attached hydrogen (secondary N) is 1. The smallest absolute Gasteiger partial charge is 0.259 e. The monoisotopic (exact) mass is 274 g/mol. The molecule has 20 heavy (non-hydrogen) atoms. The summed E-state index contributed by atoms with van der Waals surface area (Å²) in [6.07, 6.45) is 0. The van der Waals surface area contributed by atoms with Gasteiger partial charge in [-0.3, -0.25) is 4.79 Å². The summed E-state index contributed by atoms with van der Waals surface area (Å²) in [6.45, 7) is 0. The van der Waals surface area contributed by atoms with Crippen LogP contribution in [-0.4, -0.2) is 28.3 Å². The summed E-state index contributed by atoms with van der Waals surface area (Å²) in [5.74, 6) is -1.41. The van der Waals surface area contributed by atoms with Crippen LogP contribution in [-0.2, 0) is 0 Å². The van der Waals surface area contributed by atoms with Crippen molar-refractivity contribution in [3.8, 4) is 23.0 Å². The zero-order chi connectivity index (χ0) is 14.7. The van der Waals surface area contributed by atoms with Gasteiger partial charge in [0.25, 0.3) is 5.91 Å². The van der Waals surface area contributed by atoms with Crippen molar-refractivity contribution in [2.24, 2.45) is 0 Å². The Morgan fingerprint density at radius 2 is 1.95 bits per heavy atom. The van der Waals surface area contributed by atoms with Crippen molar-refractivity contribution in [1.82, 2.24) is 0 Å². The van der Waals surface area contributed by atoms with Crippen molar-refractivity contribution in [3.63, 3.8) is 0 Å². The molecule has 0 saturated carbocycles. The molecule has 0 aromatic heterocycles. The molecule has 0 saturated heterocycles. The highest BCUT2D eigenvalue weighted by molar-refractivity contribution is 6.06. The maximum atomic E-state index is 12.0. The third kappa shape index (κ3) is 2.59. The molecule has 0 bridgehead atoms. The number of methoxy groups -OCH3 is 1. The molecular weight excluding hydrogens is 262 g/mol. The standard InChI is InChI=1S/C14H12NO5/c1-20-12-4-2-3-9(13(12)18)14(19)15-8-5-6-10(16)11(17)7-8/h3-7,16-18H,1H3,(H,15,19). The second kappa shape index (κ2) is 5.40. The molecule has 2 aromatic rings. The summed E-state index contributed by atoms with van der Waals surface area (Å²) < 4.78 is 4.89. The fraction of sp³-hybridized carbons (Fsp3) is 0.0714. The molecule has 0 fully saturated rings. The molecule has 6 heteroatoms. The first-order valence-corrected chi connectivity index (χ1v) is 5.63. The number of amides is 1. The summed E-state index contributed by atoms with van der Waals surface area (Å²) in [7, 11) is 1.36. The van der Waals surface area contributed by atoms with E-state index in [1.165, 1.54) is 37.4 Å². The number of hydrogen-bond acceptors (Lipinski definition) is 5. The van der Waals surface area contributed by atoms with E-state index in [0.29, 0.717) is 0 Å². The zero-order valence-electron chi connectivity index (χ0n) is 10.5.